The van der Waals surface area contributed by atoms with Crippen molar-refractivity contribution in [2.75, 3.05) is 5.32 Å². The Morgan fingerprint density at radius 2 is 2.20 bits per heavy atom. The fourth-order valence-electron chi connectivity index (χ4n) is 1.21. The number of hydrogen-bond donors (Lipinski definition) is 2. The fraction of sp³-hybridized carbons (Fsp3) is 0.100. The lowest BCUT2D eigenvalue weighted by molar-refractivity contribution is 0.102. The number of para-hydroxylation sites is 1. The van der Waals surface area contributed by atoms with E-state index >= 15 is 0 Å². The molecule has 0 saturated heterocycles. The molecule has 1 aromatic heterocycles. The van der Waals surface area contributed by atoms with Crippen LogP contribution in [-0.4, -0.2) is 21.3 Å². The molecular weight excluding hydrogens is 192 g/mol. The first-order valence-corrected chi connectivity index (χ1v) is 4.50. The van der Waals surface area contributed by atoms with E-state index in [2.05, 4.69) is 20.7 Å². The first-order chi connectivity index (χ1) is 7.27. The summed E-state index contributed by atoms with van der Waals surface area (Å²) in [5.74, 6) is -0.266. The highest BCUT2D eigenvalue weighted by Crippen LogP contribution is 2.13. The van der Waals surface area contributed by atoms with Gasteiger partial charge in [0.25, 0.3) is 5.91 Å². The molecule has 5 heteroatoms. The maximum absolute atomic E-state index is 11.6. The quantitative estimate of drug-likeness (QED) is 0.772. The number of nitrogens with zero attached hydrogens (tertiary/aromatic N) is 2. The van der Waals surface area contributed by atoms with Crippen molar-refractivity contribution < 1.29 is 4.79 Å². The molecule has 0 aliphatic carbocycles. The number of anilines is 1. The van der Waals surface area contributed by atoms with Gasteiger partial charge in [0.15, 0.2) is 5.69 Å². The number of carbonyl (C=O) groups excluding carboxylic acids is 1. The Hall–Kier alpha value is -2.17. The summed E-state index contributed by atoms with van der Waals surface area (Å²) in [6, 6.07) is 7.55. The van der Waals surface area contributed by atoms with Crippen LogP contribution < -0.4 is 5.32 Å². The Morgan fingerprint density at radius 3 is 2.87 bits per heavy atom. The number of carbonyl (C=O) groups is 1. The van der Waals surface area contributed by atoms with E-state index in [1.807, 2.05) is 31.2 Å². The largest absolute Gasteiger partial charge is 0.320 e. The van der Waals surface area contributed by atoms with Crippen LogP contribution in [-0.2, 0) is 0 Å². The predicted molar refractivity (Wildman–Crippen MR) is 55.5 cm³/mol. The van der Waals surface area contributed by atoms with Gasteiger partial charge in [0.1, 0.15) is 0 Å². The predicted octanol–water partition coefficient (Wildman–Crippen LogP) is 1.37. The molecule has 2 N–H and O–H groups in total. The minimum absolute atomic E-state index is 0.266. The van der Waals surface area contributed by atoms with E-state index in [0.717, 1.165) is 11.3 Å². The summed E-state index contributed by atoms with van der Waals surface area (Å²) in [5.41, 5.74) is 2.07. The molecule has 0 atom stereocenters. The second-order valence-electron chi connectivity index (χ2n) is 3.12. The molecule has 5 nitrogen and oxygen atoms in total. The van der Waals surface area contributed by atoms with Crippen LogP contribution in [0, 0.1) is 6.92 Å². The molecule has 1 heterocycles. The van der Waals surface area contributed by atoms with Crippen LogP contribution in [0.5, 0.6) is 0 Å². The van der Waals surface area contributed by atoms with Gasteiger partial charge in [0, 0.05) is 5.69 Å². The van der Waals surface area contributed by atoms with E-state index in [0.29, 0.717) is 0 Å². The third-order valence-electron chi connectivity index (χ3n) is 2.04. The third-order valence-corrected chi connectivity index (χ3v) is 2.04. The van der Waals surface area contributed by atoms with Crippen molar-refractivity contribution in [3.8, 4) is 0 Å². The van der Waals surface area contributed by atoms with E-state index in [-0.39, 0.29) is 11.6 Å². The lowest BCUT2D eigenvalue weighted by atomic mass is 10.2. The van der Waals surface area contributed by atoms with Gasteiger partial charge >= 0.3 is 0 Å². The van der Waals surface area contributed by atoms with E-state index in [1.54, 1.807) is 0 Å². The highest BCUT2D eigenvalue weighted by molar-refractivity contribution is 6.02. The van der Waals surface area contributed by atoms with E-state index in [1.165, 1.54) is 6.20 Å². The molecule has 2 rings (SSSR count). The minimum Gasteiger partial charge on any atom is -0.320 e. The SMILES string of the molecule is Cc1ccccc1NC(=O)c1cn[nH]n1. The molecule has 0 bridgehead atoms. The van der Waals surface area contributed by atoms with Crippen LogP contribution in [0.25, 0.3) is 0 Å². The number of nitrogens with one attached hydrogen (secondary N) is 2. The van der Waals surface area contributed by atoms with Crippen LogP contribution in [0.3, 0.4) is 0 Å². The third kappa shape index (κ3) is 2.01. The number of aromatic amines is 1. The molecule has 0 radical (unpaired) electrons. The number of benzene rings is 1. The van der Waals surface area contributed by atoms with Gasteiger partial charge in [-0.1, -0.05) is 18.2 Å². The maximum Gasteiger partial charge on any atom is 0.277 e. The number of aryl methyl sites for hydroxylation is 1. The average molecular weight is 202 g/mol. The van der Waals surface area contributed by atoms with Crippen LogP contribution in [0.4, 0.5) is 5.69 Å². The van der Waals surface area contributed by atoms with Gasteiger partial charge in [-0.15, -0.1) is 0 Å². The Labute approximate surface area is 86.5 Å². The standard InChI is InChI=1S/C10H10N4O/c1-7-4-2-3-5-8(7)12-10(15)9-6-11-14-13-9/h2-6H,1H3,(H,12,15)(H,11,13,14). The molecule has 1 aromatic carbocycles. The van der Waals surface area contributed by atoms with Gasteiger partial charge in [0.05, 0.1) is 6.20 Å². The molecule has 15 heavy (non-hydrogen) atoms. The van der Waals surface area contributed by atoms with Crippen LogP contribution in [0.1, 0.15) is 16.1 Å². The van der Waals surface area contributed by atoms with Gasteiger partial charge in [-0.2, -0.15) is 15.4 Å². The zero-order chi connectivity index (χ0) is 10.7. The Kier molecular flexibility index (Phi) is 2.45. The normalized spacial score (nSPS) is 9.93. The number of amides is 1. The molecule has 0 spiro atoms. The summed E-state index contributed by atoms with van der Waals surface area (Å²) in [5, 5.41) is 12.4. The van der Waals surface area contributed by atoms with E-state index in [9.17, 15) is 4.79 Å². The summed E-state index contributed by atoms with van der Waals surface area (Å²) in [4.78, 5) is 11.6. The molecule has 76 valence electrons. The molecule has 0 aliphatic rings. The summed E-state index contributed by atoms with van der Waals surface area (Å²) in [6.45, 7) is 1.93. The summed E-state index contributed by atoms with van der Waals surface area (Å²) < 4.78 is 0. The molecule has 2 aromatic rings. The van der Waals surface area contributed by atoms with Crippen molar-refractivity contribution >= 4 is 11.6 Å². The number of hydrogen-bond acceptors (Lipinski definition) is 3. The second kappa shape index (κ2) is 3.91. The molecule has 0 aliphatic heterocycles. The first-order valence-electron chi connectivity index (χ1n) is 4.50. The number of rotatable bonds is 2. The Bertz CT molecular complexity index is 464. The zero-order valence-corrected chi connectivity index (χ0v) is 8.19. The Balaban J connectivity index is 2.17. The summed E-state index contributed by atoms with van der Waals surface area (Å²) >= 11 is 0. The van der Waals surface area contributed by atoms with Crippen molar-refractivity contribution in [3.05, 3.63) is 41.7 Å². The number of aromatic nitrogens is 3. The van der Waals surface area contributed by atoms with Gasteiger partial charge in [-0.3, -0.25) is 4.79 Å². The van der Waals surface area contributed by atoms with Crippen molar-refractivity contribution in [2.24, 2.45) is 0 Å². The van der Waals surface area contributed by atoms with Gasteiger partial charge in [0.2, 0.25) is 0 Å². The zero-order valence-electron chi connectivity index (χ0n) is 8.19. The highest BCUT2D eigenvalue weighted by atomic mass is 16.2. The van der Waals surface area contributed by atoms with Crippen molar-refractivity contribution in [2.45, 2.75) is 6.92 Å². The lowest BCUT2D eigenvalue weighted by Crippen LogP contribution is -2.13. The summed E-state index contributed by atoms with van der Waals surface area (Å²) in [6.07, 6.45) is 1.38. The lowest BCUT2D eigenvalue weighted by Gasteiger charge is -2.05. The topological polar surface area (TPSA) is 70.7 Å². The minimum atomic E-state index is -0.266. The monoisotopic (exact) mass is 202 g/mol. The van der Waals surface area contributed by atoms with E-state index < -0.39 is 0 Å². The van der Waals surface area contributed by atoms with Gasteiger partial charge in [-0.05, 0) is 18.6 Å². The molecule has 0 fully saturated rings. The maximum atomic E-state index is 11.6. The highest BCUT2D eigenvalue weighted by Gasteiger charge is 2.09. The number of H-pyrrole nitrogens is 1. The van der Waals surface area contributed by atoms with Crippen molar-refractivity contribution in [1.82, 2.24) is 15.4 Å². The van der Waals surface area contributed by atoms with Crippen LogP contribution >= 0.6 is 0 Å². The Morgan fingerprint density at radius 1 is 1.40 bits per heavy atom. The van der Waals surface area contributed by atoms with Crippen molar-refractivity contribution in [3.63, 3.8) is 0 Å². The van der Waals surface area contributed by atoms with Crippen LogP contribution in [0.15, 0.2) is 30.5 Å². The molecule has 0 unspecified atom stereocenters. The fourth-order valence-corrected chi connectivity index (χ4v) is 1.21. The van der Waals surface area contributed by atoms with Gasteiger partial charge in [-0.25, -0.2) is 0 Å². The van der Waals surface area contributed by atoms with E-state index in [4.69, 9.17) is 0 Å². The average Bonchev–Trinajstić information content (AvgIpc) is 2.74. The molecule has 0 saturated carbocycles. The van der Waals surface area contributed by atoms with Crippen LogP contribution in [0.2, 0.25) is 0 Å². The second-order valence-corrected chi connectivity index (χ2v) is 3.12. The van der Waals surface area contributed by atoms with Crippen molar-refractivity contribution in [1.29, 1.82) is 0 Å². The summed E-state index contributed by atoms with van der Waals surface area (Å²) in [7, 11) is 0. The van der Waals surface area contributed by atoms with Gasteiger partial charge < -0.3 is 5.32 Å². The molecular formula is C10H10N4O. The smallest absolute Gasteiger partial charge is 0.277 e. The first kappa shape index (κ1) is 9.39. The molecule has 1 amide bonds.